The first-order chi connectivity index (χ1) is 7.74. The lowest BCUT2D eigenvalue weighted by molar-refractivity contribution is 0.141. The lowest BCUT2D eigenvalue weighted by atomic mass is 9.93. The SMILES string of the molecule is C=CC(C)[C@H](O)c1cccc2ccccc12. The normalized spacial score (nSPS) is 14.6. The molecular weight excluding hydrogens is 196 g/mol. The molecule has 0 saturated heterocycles. The summed E-state index contributed by atoms with van der Waals surface area (Å²) in [6, 6.07) is 14.1. The number of hydrogen-bond acceptors (Lipinski definition) is 1. The van der Waals surface area contributed by atoms with E-state index >= 15 is 0 Å². The van der Waals surface area contributed by atoms with Crippen LogP contribution < -0.4 is 0 Å². The largest absolute Gasteiger partial charge is 0.388 e. The molecule has 2 rings (SSSR count). The van der Waals surface area contributed by atoms with Crippen molar-refractivity contribution < 1.29 is 5.11 Å². The Kier molecular flexibility index (Phi) is 3.07. The van der Waals surface area contributed by atoms with Crippen molar-refractivity contribution in [2.75, 3.05) is 0 Å². The zero-order valence-electron chi connectivity index (χ0n) is 9.43. The van der Waals surface area contributed by atoms with Crippen LogP contribution >= 0.6 is 0 Å². The summed E-state index contributed by atoms with van der Waals surface area (Å²) in [4.78, 5) is 0. The summed E-state index contributed by atoms with van der Waals surface area (Å²) < 4.78 is 0. The van der Waals surface area contributed by atoms with Crippen LogP contribution in [-0.4, -0.2) is 5.11 Å². The van der Waals surface area contributed by atoms with E-state index in [1.807, 2.05) is 37.3 Å². The highest BCUT2D eigenvalue weighted by atomic mass is 16.3. The Morgan fingerprint density at radius 3 is 2.56 bits per heavy atom. The highest BCUT2D eigenvalue weighted by Crippen LogP contribution is 2.29. The Balaban J connectivity index is 2.56. The van der Waals surface area contributed by atoms with Gasteiger partial charge in [-0.3, -0.25) is 0 Å². The van der Waals surface area contributed by atoms with Crippen LogP contribution in [0.15, 0.2) is 55.1 Å². The molecule has 0 aliphatic heterocycles. The fourth-order valence-corrected chi connectivity index (χ4v) is 1.92. The maximum Gasteiger partial charge on any atom is 0.0855 e. The molecular formula is C15H16O. The Bertz CT molecular complexity index is 496. The Morgan fingerprint density at radius 1 is 1.12 bits per heavy atom. The minimum absolute atomic E-state index is 0.0609. The molecule has 16 heavy (non-hydrogen) atoms. The van der Waals surface area contributed by atoms with E-state index in [0.29, 0.717) is 0 Å². The maximum atomic E-state index is 10.2. The molecule has 0 spiro atoms. The summed E-state index contributed by atoms with van der Waals surface area (Å²) in [7, 11) is 0. The summed E-state index contributed by atoms with van der Waals surface area (Å²) in [5.41, 5.74) is 0.977. The highest BCUT2D eigenvalue weighted by Gasteiger charge is 2.15. The second-order valence-electron chi connectivity index (χ2n) is 4.11. The van der Waals surface area contributed by atoms with Crippen LogP contribution in [0.25, 0.3) is 10.8 Å². The van der Waals surface area contributed by atoms with E-state index in [0.717, 1.165) is 16.3 Å². The first-order valence-corrected chi connectivity index (χ1v) is 5.52. The van der Waals surface area contributed by atoms with Crippen LogP contribution in [0.2, 0.25) is 0 Å². The molecule has 0 heterocycles. The molecule has 0 aliphatic carbocycles. The third-order valence-electron chi connectivity index (χ3n) is 3.01. The van der Waals surface area contributed by atoms with E-state index in [4.69, 9.17) is 0 Å². The zero-order chi connectivity index (χ0) is 11.5. The van der Waals surface area contributed by atoms with Gasteiger partial charge in [-0.05, 0) is 16.3 Å². The predicted octanol–water partition coefficient (Wildman–Crippen LogP) is 3.70. The van der Waals surface area contributed by atoms with Crippen molar-refractivity contribution in [2.45, 2.75) is 13.0 Å². The molecule has 82 valence electrons. The third kappa shape index (κ3) is 1.86. The summed E-state index contributed by atoms with van der Waals surface area (Å²) in [5, 5.41) is 12.5. The van der Waals surface area contributed by atoms with Crippen LogP contribution in [0, 0.1) is 5.92 Å². The molecule has 2 aromatic carbocycles. The molecule has 2 atom stereocenters. The van der Waals surface area contributed by atoms with Crippen molar-refractivity contribution in [2.24, 2.45) is 5.92 Å². The van der Waals surface area contributed by atoms with Crippen molar-refractivity contribution in [3.8, 4) is 0 Å². The molecule has 1 N–H and O–H groups in total. The van der Waals surface area contributed by atoms with Gasteiger partial charge in [0.2, 0.25) is 0 Å². The van der Waals surface area contributed by atoms with E-state index in [2.05, 4.69) is 18.7 Å². The lowest BCUT2D eigenvalue weighted by Crippen LogP contribution is -2.06. The van der Waals surface area contributed by atoms with Gasteiger partial charge in [0.15, 0.2) is 0 Å². The molecule has 0 bridgehead atoms. The molecule has 0 aromatic heterocycles. The maximum absolute atomic E-state index is 10.2. The van der Waals surface area contributed by atoms with Crippen LogP contribution in [0.4, 0.5) is 0 Å². The van der Waals surface area contributed by atoms with E-state index in [1.165, 1.54) is 0 Å². The molecule has 1 unspecified atom stereocenters. The number of aliphatic hydroxyl groups excluding tert-OH is 1. The van der Waals surface area contributed by atoms with E-state index in [-0.39, 0.29) is 5.92 Å². The second-order valence-corrected chi connectivity index (χ2v) is 4.11. The van der Waals surface area contributed by atoms with Gasteiger partial charge in [0.05, 0.1) is 6.10 Å². The van der Waals surface area contributed by atoms with Gasteiger partial charge in [-0.2, -0.15) is 0 Å². The molecule has 0 aliphatic rings. The molecule has 0 saturated carbocycles. The lowest BCUT2D eigenvalue weighted by Gasteiger charge is -2.17. The van der Waals surface area contributed by atoms with Crippen molar-refractivity contribution in [3.05, 3.63) is 60.7 Å². The second kappa shape index (κ2) is 4.50. The number of hydrogen-bond donors (Lipinski definition) is 1. The fourth-order valence-electron chi connectivity index (χ4n) is 1.92. The first-order valence-electron chi connectivity index (χ1n) is 5.52. The first kappa shape index (κ1) is 10.9. The third-order valence-corrected chi connectivity index (χ3v) is 3.01. The van der Waals surface area contributed by atoms with Gasteiger partial charge in [0, 0.05) is 5.92 Å². The van der Waals surface area contributed by atoms with E-state index in [9.17, 15) is 5.11 Å². The average Bonchev–Trinajstić information content (AvgIpc) is 2.36. The van der Waals surface area contributed by atoms with Gasteiger partial charge in [-0.25, -0.2) is 0 Å². The van der Waals surface area contributed by atoms with Gasteiger partial charge < -0.3 is 5.11 Å². The molecule has 2 aromatic rings. The van der Waals surface area contributed by atoms with Crippen molar-refractivity contribution in [1.82, 2.24) is 0 Å². The summed E-state index contributed by atoms with van der Waals surface area (Å²) in [5.74, 6) is 0.0609. The van der Waals surface area contributed by atoms with Gasteiger partial charge in [0.1, 0.15) is 0 Å². The molecule has 1 nitrogen and oxygen atoms in total. The summed E-state index contributed by atoms with van der Waals surface area (Å²) in [6.07, 6.45) is 1.30. The predicted molar refractivity (Wildman–Crippen MR) is 68.3 cm³/mol. The molecule has 0 radical (unpaired) electrons. The Morgan fingerprint density at radius 2 is 1.81 bits per heavy atom. The van der Waals surface area contributed by atoms with E-state index in [1.54, 1.807) is 6.08 Å². The van der Waals surface area contributed by atoms with Crippen molar-refractivity contribution in [3.63, 3.8) is 0 Å². The number of fused-ring (bicyclic) bond motifs is 1. The Hall–Kier alpha value is -1.60. The number of benzene rings is 2. The molecule has 1 heteroatoms. The van der Waals surface area contributed by atoms with Crippen LogP contribution in [0.3, 0.4) is 0 Å². The van der Waals surface area contributed by atoms with E-state index < -0.39 is 6.10 Å². The Labute approximate surface area is 96.0 Å². The fraction of sp³-hybridized carbons (Fsp3) is 0.200. The molecule has 0 fully saturated rings. The summed E-state index contributed by atoms with van der Waals surface area (Å²) in [6.45, 7) is 5.70. The minimum Gasteiger partial charge on any atom is -0.388 e. The van der Waals surface area contributed by atoms with Gasteiger partial charge in [-0.1, -0.05) is 55.5 Å². The topological polar surface area (TPSA) is 20.2 Å². The van der Waals surface area contributed by atoms with Crippen LogP contribution in [0.5, 0.6) is 0 Å². The quantitative estimate of drug-likeness (QED) is 0.769. The number of aliphatic hydroxyl groups is 1. The monoisotopic (exact) mass is 212 g/mol. The van der Waals surface area contributed by atoms with Crippen LogP contribution in [-0.2, 0) is 0 Å². The van der Waals surface area contributed by atoms with Gasteiger partial charge in [0.25, 0.3) is 0 Å². The van der Waals surface area contributed by atoms with Gasteiger partial charge >= 0.3 is 0 Å². The van der Waals surface area contributed by atoms with Crippen molar-refractivity contribution in [1.29, 1.82) is 0 Å². The standard InChI is InChI=1S/C15H16O/c1-3-11(2)15(16)14-10-6-8-12-7-4-5-9-13(12)14/h3-11,15-16H,1H2,2H3/t11?,15-/m0/s1. The minimum atomic E-state index is -0.483. The average molecular weight is 212 g/mol. The van der Waals surface area contributed by atoms with Crippen LogP contribution in [0.1, 0.15) is 18.6 Å². The van der Waals surface area contributed by atoms with Crippen molar-refractivity contribution >= 4 is 10.8 Å². The molecule has 0 amide bonds. The summed E-state index contributed by atoms with van der Waals surface area (Å²) >= 11 is 0. The zero-order valence-corrected chi connectivity index (χ0v) is 9.43. The number of rotatable bonds is 3. The smallest absolute Gasteiger partial charge is 0.0855 e. The highest BCUT2D eigenvalue weighted by molar-refractivity contribution is 5.86. The van der Waals surface area contributed by atoms with Gasteiger partial charge in [-0.15, -0.1) is 6.58 Å².